The number of thiazole rings is 1. The van der Waals surface area contributed by atoms with Crippen LogP contribution in [-0.2, 0) is 15.0 Å². The molecule has 1 atom stereocenters. The van der Waals surface area contributed by atoms with Crippen LogP contribution in [0.5, 0.6) is 0 Å². The summed E-state index contributed by atoms with van der Waals surface area (Å²) >= 11 is 1.37. The summed E-state index contributed by atoms with van der Waals surface area (Å²) in [6, 6.07) is 6.51. The number of fused-ring (bicyclic) bond motifs is 2. The molecule has 3 amide bonds. The first-order chi connectivity index (χ1) is 14.3. The van der Waals surface area contributed by atoms with Crippen LogP contribution in [-0.4, -0.2) is 46.7 Å². The average Bonchev–Trinajstić information content (AvgIpc) is 3.17. The summed E-state index contributed by atoms with van der Waals surface area (Å²) in [6.07, 6.45) is 2.40. The number of amides is 3. The normalized spacial score (nSPS) is 19.2. The number of piperidine rings is 1. The number of rotatable bonds is 3. The molecule has 1 fully saturated rings. The third-order valence-corrected chi connectivity index (χ3v) is 6.32. The fourth-order valence-corrected chi connectivity index (χ4v) is 4.87. The Morgan fingerprint density at radius 2 is 2.00 bits per heavy atom. The maximum absolute atomic E-state index is 13.4. The van der Waals surface area contributed by atoms with Gasteiger partial charge in [-0.2, -0.15) is 0 Å². The molecule has 1 aromatic carbocycles. The van der Waals surface area contributed by atoms with Gasteiger partial charge >= 0.3 is 0 Å². The van der Waals surface area contributed by atoms with Gasteiger partial charge in [0.05, 0.1) is 16.9 Å². The molecule has 1 N–H and O–H groups in total. The van der Waals surface area contributed by atoms with E-state index in [1.54, 1.807) is 29.2 Å². The van der Waals surface area contributed by atoms with Gasteiger partial charge in [0.25, 0.3) is 5.91 Å². The summed E-state index contributed by atoms with van der Waals surface area (Å²) in [7, 11) is 0. The van der Waals surface area contributed by atoms with E-state index >= 15 is 0 Å². The van der Waals surface area contributed by atoms with E-state index in [0.717, 1.165) is 18.5 Å². The van der Waals surface area contributed by atoms with Crippen LogP contribution in [0.1, 0.15) is 56.1 Å². The lowest BCUT2D eigenvalue weighted by Crippen LogP contribution is -2.52. The zero-order chi connectivity index (χ0) is 21.5. The Bertz CT molecular complexity index is 994. The number of anilines is 2. The molecule has 2 aromatic rings. The highest BCUT2D eigenvalue weighted by atomic mass is 32.1. The zero-order valence-electron chi connectivity index (χ0n) is 17.5. The Morgan fingerprint density at radius 3 is 2.73 bits per heavy atom. The van der Waals surface area contributed by atoms with Crippen molar-refractivity contribution < 1.29 is 14.4 Å². The second-order valence-corrected chi connectivity index (χ2v) is 9.65. The summed E-state index contributed by atoms with van der Waals surface area (Å²) in [5, 5.41) is 5.25. The Kier molecular flexibility index (Phi) is 5.36. The van der Waals surface area contributed by atoms with Gasteiger partial charge in [-0.25, -0.2) is 4.98 Å². The van der Waals surface area contributed by atoms with Crippen LogP contribution in [0, 0.1) is 0 Å². The van der Waals surface area contributed by atoms with Gasteiger partial charge in [0.15, 0.2) is 5.13 Å². The van der Waals surface area contributed by atoms with Gasteiger partial charge in [0.2, 0.25) is 11.8 Å². The van der Waals surface area contributed by atoms with Gasteiger partial charge in [-0.1, -0.05) is 32.9 Å². The Balaban J connectivity index is 1.59. The van der Waals surface area contributed by atoms with Crippen LogP contribution in [0.15, 0.2) is 29.6 Å². The van der Waals surface area contributed by atoms with Gasteiger partial charge in [-0.05, 0) is 31.4 Å². The van der Waals surface area contributed by atoms with E-state index in [2.05, 4.69) is 31.1 Å². The number of carbonyl (C=O) groups is 3. The lowest BCUT2D eigenvalue weighted by molar-refractivity contribution is -0.125. The molecule has 1 aromatic heterocycles. The maximum atomic E-state index is 13.4. The van der Waals surface area contributed by atoms with Crippen molar-refractivity contribution in [2.24, 2.45) is 0 Å². The van der Waals surface area contributed by atoms with Gasteiger partial charge in [-0.3, -0.25) is 14.4 Å². The third kappa shape index (κ3) is 3.84. The van der Waals surface area contributed by atoms with Crippen molar-refractivity contribution in [1.29, 1.82) is 0 Å². The molecule has 0 radical (unpaired) electrons. The van der Waals surface area contributed by atoms with Crippen LogP contribution < -0.4 is 10.2 Å². The van der Waals surface area contributed by atoms with Crippen LogP contribution in [0.3, 0.4) is 0 Å². The minimum atomic E-state index is -0.515. The molecule has 2 aliphatic rings. The van der Waals surface area contributed by atoms with E-state index in [4.69, 9.17) is 0 Å². The smallest absolute Gasteiger partial charge is 0.256 e. The predicted octanol–water partition coefficient (Wildman–Crippen LogP) is 3.42. The van der Waals surface area contributed by atoms with Crippen LogP contribution in [0.2, 0.25) is 0 Å². The van der Waals surface area contributed by atoms with E-state index in [1.807, 2.05) is 5.38 Å². The first-order valence-corrected chi connectivity index (χ1v) is 11.1. The minimum absolute atomic E-state index is 0.107. The number of para-hydroxylation sites is 1. The highest BCUT2D eigenvalue weighted by molar-refractivity contribution is 7.14. The number of hydrogen-bond donors (Lipinski definition) is 1. The van der Waals surface area contributed by atoms with Gasteiger partial charge in [0, 0.05) is 17.3 Å². The summed E-state index contributed by atoms with van der Waals surface area (Å²) < 4.78 is 0. The molecule has 0 saturated carbocycles. The fourth-order valence-electron chi connectivity index (χ4n) is 3.92. The first kappa shape index (κ1) is 20.5. The van der Waals surface area contributed by atoms with Crippen LogP contribution in [0.25, 0.3) is 0 Å². The van der Waals surface area contributed by atoms with E-state index in [0.29, 0.717) is 29.3 Å². The topological polar surface area (TPSA) is 82.6 Å². The van der Waals surface area contributed by atoms with Crippen molar-refractivity contribution in [3.8, 4) is 0 Å². The molecule has 4 rings (SSSR count). The fraction of sp³-hybridized carbons (Fsp3) is 0.455. The van der Waals surface area contributed by atoms with Crippen LogP contribution >= 0.6 is 11.3 Å². The van der Waals surface area contributed by atoms with Crippen molar-refractivity contribution in [3.63, 3.8) is 0 Å². The molecule has 0 unspecified atom stereocenters. The molecule has 0 aliphatic carbocycles. The van der Waals surface area contributed by atoms with Crippen LogP contribution in [0.4, 0.5) is 10.8 Å². The standard InChI is InChI=1S/C22H26N4O3S/c1-22(2,3)17-13-30-21(23-17)24-18(27)12-26-15-9-5-4-8-14(15)19(28)25-11-7-6-10-16(25)20(26)29/h4-5,8-9,13,16H,6-7,10-12H2,1-3H3,(H,23,24,27)/t16-/m1/s1. The maximum Gasteiger partial charge on any atom is 0.256 e. The van der Waals surface area contributed by atoms with Crippen molar-refractivity contribution >= 4 is 39.9 Å². The average molecular weight is 427 g/mol. The quantitative estimate of drug-likeness (QED) is 0.815. The summed E-state index contributed by atoms with van der Waals surface area (Å²) in [5.74, 6) is -0.663. The van der Waals surface area contributed by atoms with E-state index in [1.165, 1.54) is 16.2 Å². The predicted molar refractivity (Wildman–Crippen MR) is 117 cm³/mol. The number of hydrogen-bond acceptors (Lipinski definition) is 5. The van der Waals surface area contributed by atoms with Crippen molar-refractivity contribution in [2.75, 3.05) is 23.3 Å². The number of benzene rings is 1. The highest BCUT2D eigenvalue weighted by Gasteiger charge is 2.41. The number of aromatic nitrogens is 1. The molecular weight excluding hydrogens is 400 g/mol. The summed E-state index contributed by atoms with van der Waals surface area (Å²) in [6.45, 7) is 6.60. The van der Waals surface area contributed by atoms with E-state index in [9.17, 15) is 14.4 Å². The van der Waals surface area contributed by atoms with E-state index < -0.39 is 6.04 Å². The summed E-state index contributed by atoms with van der Waals surface area (Å²) in [4.78, 5) is 46.9. The largest absolute Gasteiger partial charge is 0.327 e. The Labute approximate surface area is 180 Å². The monoisotopic (exact) mass is 426 g/mol. The van der Waals surface area contributed by atoms with Crippen molar-refractivity contribution in [3.05, 3.63) is 40.9 Å². The molecule has 8 heteroatoms. The molecule has 1 saturated heterocycles. The summed E-state index contributed by atoms with van der Waals surface area (Å²) in [5.41, 5.74) is 1.76. The third-order valence-electron chi connectivity index (χ3n) is 5.56. The van der Waals surface area contributed by atoms with Crippen molar-refractivity contribution in [2.45, 2.75) is 51.5 Å². The molecule has 7 nitrogen and oxygen atoms in total. The van der Waals surface area contributed by atoms with Gasteiger partial charge in [-0.15, -0.1) is 11.3 Å². The number of carbonyl (C=O) groups excluding carboxylic acids is 3. The van der Waals surface area contributed by atoms with Gasteiger partial charge in [0.1, 0.15) is 12.6 Å². The number of nitrogens with zero attached hydrogens (tertiary/aromatic N) is 3. The highest BCUT2D eigenvalue weighted by Crippen LogP contribution is 2.32. The lowest BCUT2D eigenvalue weighted by Gasteiger charge is -2.34. The first-order valence-electron chi connectivity index (χ1n) is 10.2. The molecule has 158 valence electrons. The second-order valence-electron chi connectivity index (χ2n) is 8.79. The SMILES string of the molecule is CC(C)(C)c1csc(NC(=O)CN2C(=O)[C@H]3CCCCN3C(=O)c3ccccc32)n1. The zero-order valence-corrected chi connectivity index (χ0v) is 18.3. The molecule has 3 heterocycles. The molecule has 0 spiro atoms. The number of nitrogens with one attached hydrogen (secondary N) is 1. The van der Waals surface area contributed by atoms with Gasteiger partial charge < -0.3 is 15.1 Å². The Morgan fingerprint density at radius 1 is 1.23 bits per heavy atom. The minimum Gasteiger partial charge on any atom is -0.327 e. The molecule has 0 bridgehead atoms. The molecule has 2 aliphatic heterocycles. The van der Waals surface area contributed by atoms with E-state index in [-0.39, 0.29) is 29.7 Å². The molecule has 30 heavy (non-hydrogen) atoms. The second kappa shape index (κ2) is 7.83. The lowest BCUT2D eigenvalue weighted by atomic mass is 9.93. The van der Waals surface area contributed by atoms with Crippen molar-refractivity contribution in [1.82, 2.24) is 9.88 Å². The Hall–Kier alpha value is -2.74. The molecular formula is C22H26N4O3S.